The quantitative estimate of drug-likeness (QED) is 0.510. The molecule has 0 bridgehead atoms. The predicted molar refractivity (Wildman–Crippen MR) is 118 cm³/mol. The first-order chi connectivity index (χ1) is 15.0. The molecule has 0 saturated heterocycles. The Morgan fingerprint density at radius 1 is 1.10 bits per heavy atom. The molecular weight excluding hydrogens is 466 g/mol. The number of methoxy groups -OCH3 is 3. The van der Waals surface area contributed by atoms with E-state index in [0.29, 0.717) is 61.0 Å². The molecule has 0 saturated carbocycles. The van der Waals surface area contributed by atoms with Crippen molar-refractivity contribution in [3.8, 4) is 17.2 Å². The maximum absolute atomic E-state index is 13.0. The van der Waals surface area contributed by atoms with E-state index >= 15 is 0 Å². The van der Waals surface area contributed by atoms with E-state index in [1.807, 2.05) is 12.1 Å². The van der Waals surface area contributed by atoms with Gasteiger partial charge in [-0.25, -0.2) is 0 Å². The van der Waals surface area contributed by atoms with Crippen LogP contribution in [0.15, 0.2) is 40.6 Å². The van der Waals surface area contributed by atoms with Crippen LogP contribution in [-0.2, 0) is 16.0 Å². The number of rotatable bonds is 10. The number of carbonyl (C=O) groups excluding carboxylic acids is 1. The van der Waals surface area contributed by atoms with Crippen molar-refractivity contribution in [3.63, 3.8) is 0 Å². The number of ether oxygens (including phenoxy) is 4. The molecule has 166 valence electrons. The van der Waals surface area contributed by atoms with Crippen LogP contribution in [0.3, 0.4) is 0 Å². The van der Waals surface area contributed by atoms with Crippen LogP contribution in [0.25, 0.3) is 6.08 Å². The van der Waals surface area contributed by atoms with Gasteiger partial charge in [0.1, 0.15) is 31.1 Å². The van der Waals surface area contributed by atoms with Gasteiger partial charge in [-0.05, 0) is 30.3 Å². The van der Waals surface area contributed by atoms with Crippen LogP contribution in [0, 0.1) is 0 Å². The molecule has 0 amide bonds. The highest BCUT2D eigenvalue weighted by Crippen LogP contribution is 2.39. The van der Waals surface area contributed by atoms with Crippen molar-refractivity contribution >= 4 is 27.8 Å². The summed E-state index contributed by atoms with van der Waals surface area (Å²) < 4.78 is 22.6. The van der Waals surface area contributed by atoms with Gasteiger partial charge in [-0.2, -0.15) is 0 Å². The lowest BCUT2D eigenvalue weighted by molar-refractivity contribution is -0.914. The van der Waals surface area contributed by atoms with Crippen molar-refractivity contribution in [1.82, 2.24) is 0 Å². The normalized spacial score (nSPS) is 14.2. The lowest BCUT2D eigenvalue weighted by atomic mass is 10.0. The SMILES string of the molecule is COCC[NH+](CCOC)Cc1c([O-])ccc2c1O/C(=C\c1cc(Br)ccc1OC)C2=O. The highest BCUT2D eigenvalue weighted by atomic mass is 79.9. The van der Waals surface area contributed by atoms with Gasteiger partial charge < -0.3 is 29.0 Å². The highest BCUT2D eigenvalue weighted by molar-refractivity contribution is 9.10. The molecule has 0 aliphatic carbocycles. The van der Waals surface area contributed by atoms with Crippen LogP contribution in [0.2, 0.25) is 0 Å². The van der Waals surface area contributed by atoms with Crippen molar-refractivity contribution in [1.29, 1.82) is 0 Å². The van der Waals surface area contributed by atoms with E-state index in [9.17, 15) is 9.90 Å². The third-order valence-electron chi connectivity index (χ3n) is 5.12. The summed E-state index contributed by atoms with van der Waals surface area (Å²) in [5.41, 5.74) is 1.58. The third-order valence-corrected chi connectivity index (χ3v) is 5.62. The zero-order valence-corrected chi connectivity index (χ0v) is 19.4. The summed E-state index contributed by atoms with van der Waals surface area (Å²) in [5, 5.41) is 12.7. The second-order valence-corrected chi connectivity index (χ2v) is 8.07. The predicted octanol–water partition coefficient (Wildman–Crippen LogP) is 1.83. The van der Waals surface area contributed by atoms with Crippen LogP contribution < -0.4 is 19.5 Å². The second-order valence-electron chi connectivity index (χ2n) is 7.16. The summed E-state index contributed by atoms with van der Waals surface area (Å²) in [6, 6.07) is 8.46. The molecule has 0 unspecified atom stereocenters. The van der Waals surface area contributed by atoms with Crippen LogP contribution >= 0.6 is 15.9 Å². The van der Waals surface area contributed by atoms with Crippen molar-refractivity contribution in [2.45, 2.75) is 6.54 Å². The van der Waals surface area contributed by atoms with Crippen LogP contribution in [0.1, 0.15) is 21.5 Å². The number of nitrogens with one attached hydrogen (secondary N) is 1. The molecule has 31 heavy (non-hydrogen) atoms. The van der Waals surface area contributed by atoms with Gasteiger partial charge in [0.15, 0.2) is 5.76 Å². The average molecular weight is 492 g/mol. The van der Waals surface area contributed by atoms with Gasteiger partial charge >= 0.3 is 0 Å². The molecular formula is C23H26BrNO6. The van der Waals surface area contributed by atoms with E-state index in [1.54, 1.807) is 33.5 Å². The standard InChI is InChI=1S/C23H26BrNO6/c1-28-10-8-25(9-11-29-2)14-18-19(26)6-5-17-22(27)21(31-23(17)18)13-15-12-16(24)4-7-20(15)30-3/h4-7,12-13,26H,8-11,14H2,1-3H3/b21-13-. The molecule has 7 nitrogen and oxygen atoms in total. The van der Waals surface area contributed by atoms with Crippen molar-refractivity contribution in [3.05, 3.63) is 57.3 Å². The van der Waals surface area contributed by atoms with Crippen molar-refractivity contribution in [2.75, 3.05) is 47.6 Å². The molecule has 2 aromatic rings. The van der Waals surface area contributed by atoms with Crippen LogP contribution in [0.4, 0.5) is 0 Å². The first-order valence-corrected chi connectivity index (χ1v) is 10.7. The summed E-state index contributed by atoms with van der Waals surface area (Å²) in [7, 11) is 4.85. The number of carbonyl (C=O) groups is 1. The zero-order valence-electron chi connectivity index (χ0n) is 17.8. The van der Waals surface area contributed by atoms with Gasteiger partial charge in [0.2, 0.25) is 5.78 Å². The minimum atomic E-state index is -0.256. The van der Waals surface area contributed by atoms with E-state index in [4.69, 9.17) is 18.9 Å². The summed E-state index contributed by atoms with van der Waals surface area (Å²) in [6.45, 7) is 2.92. The Bertz CT molecular complexity index is 967. The van der Waals surface area contributed by atoms with E-state index < -0.39 is 0 Å². The number of Topliss-reactive ketones (excluding diaryl/α,β-unsaturated/α-hetero) is 1. The Morgan fingerprint density at radius 3 is 2.45 bits per heavy atom. The number of hydrogen-bond acceptors (Lipinski definition) is 6. The molecule has 0 radical (unpaired) electrons. The fraction of sp³-hybridized carbons (Fsp3) is 0.348. The molecule has 1 heterocycles. The molecule has 0 spiro atoms. The molecule has 1 aliphatic heterocycles. The van der Waals surface area contributed by atoms with E-state index in [2.05, 4.69) is 15.9 Å². The molecule has 2 aromatic carbocycles. The largest absolute Gasteiger partial charge is 0.872 e. The van der Waals surface area contributed by atoms with E-state index in [0.717, 1.165) is 9.37 Å². The molecule has 0 fully saturated rings. The van der Waals surface area contributed by atoms with Crippen molar-refractivity contribution in [2.24, 2.45) is 0 Å². The molecule has 0 atom stereocenters. The number of hydrogen-bond donors (Lipinski definition) is 1. The first-order valence-electron chi connectivity index (χ1n) is 9.90. The number of halogens is 1. The number of ketones is 1. The van der Waals surface area contributed by atoms with Crippen LogP contribution in [0.5, 0.6) is 17.2 Å². The minimum absolute atomic E-state index is 0.153. The second kappa shape index (κ2) is 10.8. The van der Waals surface area contributed by atoms with Gasteiger partial charge in [-0.3, -0.25) is 4.79 Å². The Labute approximate surface area is 190 Å². The first kappa shape index (κ1) is 23.3. The summed E-state index contributed by atoms with van der Waals surface area (Å²) >= 11 is 3.43. The van der Waals surface area contributed by atoms with Gasteiger partial charge in [0, 0.05) is 29.8 Å². The van der Waals surface area contributed by atoms with E-state index in [1.165, 1.54) is 12.1 Å². The number of fused-ring (bicyclic) bond motifs is 1. The molecule has 0 aromatic heterocycles. The Kier molecular flexibility index (Phi) is 8.09. The zero-order chi connectivity index (χ0) is 22.4. The summed E-state index contributed by atoms with van der Waals surface area (Å²) in [4.78, 5) is 14.1. The smallest absolute Gasteiger partial charge is 0.231 e. The fourth-order valence-corrected chi connectivity index (χ4v) is 3.84. The highest BCUT2D eigenvalue weighted by Gasteiger charge is 2.31. The third kappa shape index (κ3) is 5.46. The Balaban J connectivity index is 1.93. The maximum Gasteiger partial charge on any atom is 0.231 e. The lowest BCUT2D eigenvalue weighted by Crippen LogP contribution is -3.11. The number of allylic oxidation sites excluding steroid dienone is 1. The minimum Gasteiger partial charge on any atom is -0.872 e. The molecule has 1 aliphatic rings. The lowest BCUT2D eigenvalue weighted by Gasteiger charge is -2.23. The monoisotopic (exact) mass is 491 g/mol. The Hall–Kier alpha value is -2.39. The van der Waals surface area contributed by atoms with Gasteiger partial charge in [0.25, 0.3) is 0 Å². The number of quaternary nitrogens is 1. The topological polar surface area (TPSA) is 81.5 Å². The van der Waals surface area contributed by atoms with Gasteiger partial charge in [-0.1, -0.05) is 27.7 Å². The maximum atomic E-state index is 13.0. The van der Waals surface area contributed by atoms with Gasteiger partial charge in [-0.15, -0.1) is 0 Å². The fourth-order valence-electron chi connectivity index (χ4n) is 3.46. The number of benzene rings is 2. The molecule has 8 heteroatoms. The molecule has 1 N–H and O–H groups in total. The Morgan fingerprint density at radius 2 is 1.81 bits per heavy atom. The average Bonchev–Trinajstić information content (AvgIpc) is 3.07. The van der Waals surface area contributed by atoms with Crippen LogP contribution in [-0.4, -0.2) is 53.4 Å². The summed E-state index contributed by atoms with van der Waals surface area (Å²) in [6.07, 6.45) is 1.64. The molecule has 3 rings (SSSR count). The van der Waals surface area contributed by atoms with Crippen molar-refractivity contribution < 1.29 is 33.7 Å². The van der Waals surface area contributed by atoms with E-state index in [-0.39, 0.29) is 17.3 Å². The summed E-state index contributed by atoms with van der Waals surface area (Å²) in [5.74, 6) is 0.704. The van der Waals surface area contributed by atoms with Gasteiger partial charge in [0.05, 0.1) is 25.9 Å².